The molecule has 1 N–H and O–H groups in total. The van der Waals surface area contributed by atoms with Crippen LogP contribution in [0, 0.1) is 13.8 Å². The van der Waals surface area contributed by atoms with Crippen LogP contribution in [0.25, 0.3) is 0 Å². The minimum absolute atomic E-state index is 0.0143. The number of anilines is 1. The first-order valence-corrected chi connectivity index (χ1v) is 8.82. The zero-order valence-electron chi connectivity index (χ0n) is 15.3. The van der Waals surface area contributed by atoms with Crippen LogP contribution in [0.3, 0.4) is 0 Å². The quantitative estimate of drug-likeness (QED) is 0.661. The van der Waals surface area contributed by atoms with Crippen LogP contribution < -0.4 is 14.8 Å². The fraction of sp³-hybridized carbons (Fsp3) is 0.381. The van der Waals surface area contributed by atoms with Crippen LogP contribution in [-0.2, 0) is 4.79 Å². The van der Waals surface area contributed by atoms with Gasteiger partial charge in [0.15, 0.2) is 6.61 Å². The molecule has 134 valence electrons. The van der Waals surface area contributed by atoms with E-state index in [1.165, 1.54) is 12.8 Å². The fourth-order valence-electron chi connectivity index (χ4n) is 2.40. The Morgan fingerprint density at radius 2 is 1.76 bits per heavy atom. The zero-order chi connectivity index (χ0) is 18.1. The third-order valence-electron chi connectivity index (χ3n) is 4.07. The maximum Gasteiger partial charge on any atom is 0.262 e. The smallest absolute Gasteiger partial charge is 0.262 e. The maximum absolute atomic E-state index is 12.0. The third-order valence-corrected chi connectivity index (χ3v) is 4.07. The average molecular weight is 341 g/mol. The molecule has 2 aromatic carbocycles. The lowest BCUT2D eigenvalue weighted by Crippen LogP contribution is -2.20. The third kappa shape index (κ3) is 6.14. The number of unbranched alkanes of at least 4 members (excludes halogenated alkanes) is 2. The van der Waals surface area contributed by atoms with Crippen LogP contribution >= 0.6 is 0 Å². The molecule has 0 saturated heterocycles. The molecule has 1 amide bonds. The van der Waals surface area contributed by atoms with Gasteiger partial charge in [-0.25, -0.2) is 0 Å². The number of rotatable bonds is 9. The van der Waals surface area contributed by atoms with E-state index in [-0.39, 0.29) is 12.5 Å². The van der Waals surface area contributed by atoms with Gasteiger partial charge in [-0.15, -0.1) is 0 Å². The van der Waals surface area contributed by atoms with E-state index in [9.17, 15) is 4.79 Å². The molecule has 0 saturated carbocycles. The lowest BCUT2D eigenvalue weighted by molar-refractivity contribution is -0.118. The summed E-state index contributed by atoms with van der Waals surface area (Å²) in [5.41, 5.74) is 2.93. The first-order valence-electron chi connectivity index (χ1n) is 8.82. The minimum atomic E-state index is -0.183. The van der Waals surface area contributed by atoms with Gasteiger partial charge in [0.1, 0.15) is 11.5 Å². The molecule has 0 fully saturated rings. The van der Waals surface area contributed by atoms with Crippen LogP contribution in [0.15, 0.2) is 42.5 Å². The van der Waals surface area contributed by atoms with Crippen molar-refractivity contribution in [2.24, 2.45) is 0 Å². The molecule has 0 bridgehead atoms. The largest absolute Gasteiger partial charge is 0.494 e. The van der Waals surface area contributed by atoms with E-state index in [0.29, 0.717) is 0 Å². The minimum Gasteiger partial charge on any atom is -0.494 e. The van der Waals surface area contributed by atoms with Gasteiger partial charge in [-0.2, -0.15) is 0 Å². The Kier molecular flexibility index (Phi) is 7.33. The Morgan fingerprint density at radius 1 is 1.00 bits per heavy atom. The number of hydrogen-bond donors (Lipinski definition) is 1. The Morgan fingerprint density at radius 3 is 2.48 bits per heavy atom. The van der Waals surface area contributed by atoms with Crippen molar-refractivity contribution >= 4 is 11.6 Å². The molecule has 0 unspecified atom stereocenters. The van der Waals surface area contributed by atoms with Crippen LogP contribution in [-0.4, -0.2) is 19.1 Å². The molecule has 2 aromatic rings. The molecular weight excluding hydrogens is 314 g/mol. The average Bonchev–Trinajstić information content (AvgIpc) is 2.61. The van der Waals surface area contributed by atoms with Crippen molar-refractivity contribution in [1.82, 2.24) is 0 Å². The molecule has 0 aliphatic rings. The molecule has 4 heteroatoms. The van der Waals surface area contributed by atoms with Crippen molar-refractivity contribution in [2.45, 2.75) is 40.0 Å². The molecule has 0 aliphatic heterocycles. The second-order valence-electron chi connectivity index (χ2n) is 6.11. The van der Waals surface area contributed by atoms with E-state index >= 15 is 0 Å². The number of carbonyl (C=O) groups excluding carboxylic acids is 1. The van der Waals surface area contributed by atoms with Gasteiger partial charge >= 0.3 is 0 Å². The van der Waals surface area contributed by atoms with Crippen molar-refractivity contribution in [2.75, 3.05) is 18.5 Å². The molecular formula is C21H27NO3. The Bertz CT molecular complexity index is 680. The van der Waals surface area contributed by atoms with Gasteiger partial charge in [-0.1, -0.05) is 31.9 Å². The van der Waals surface area contributed by atoms with E-state index in [1.54, 1.807) is 0 Å². The lowest BCUT2D eigenvalue weighted by atomic mass is 10.1. The van der Waals surface area contributed by atoms with Crippen LogP contribution in [0.5, 0.6) is 11.5 Å². The number of carbonyl (C=O) groups is 1. The summed E-state index contributed by atoms with van der Waals surface area (Å²) >= 11 is 0. The van der Waals surface area contributed by atoms with Crippen molar-refractivity contribution in [3.63, 3.8) is 0 Å². The van der Waals surface area contributed by atoms with Crippen molar-refractivity contribution in [1.29, 1.82) is 0 Å². The monoisotopic (exact) mass is 341 g/mol. The summed E-state index contributed by atoms with van der Waals surface area (Å²) in [6, 6.07) is 13.2. The van der Waals surface area contributed by atoms with E-state index < -0.39 is 0 Å². The van der Waals surface area contributed by atoms with Crippen LogP contribution in [0.1, 0.15) is 37.3 Å². The highest BCUT2D eigenvalue weighted by molar-refractivity contribution is 5.91. The normalized spacial score (nSPS) is 10.4. The van der Waals surface area contributed by atoms with Crippen molar-refractivity contribution < 1.29 is 14.3 Å². The zero-order valence-corrected chi connectivity index (χ0v) is 15.3. The summed E-state index contributed by atoms with van der Waals surface area (Å²) in [6.07, 6.45) is 3.41. The number of aryl methyl sites for hydroxylation is 1. The highest BCUT2D eigenvalue weighted by Crippen LogP contribution is 2.20. The fourth-order valence-corrected chi connectivity index (χ4v) is 2.40. The standard InChI is InChI=1S/C21H27NO3/c1-4-5-6-14-24-19-12-10-18(11-13-19)22-21(23)15-25-20-9-7-8-16(2)17(20)3/h7-13H,4-6,14-15H2,1-3H3,(H,22,23). The number of ether oxygens (including phenoxy) is 2. The highest BCUT2D eigenvalue weighted by atomic mass is 16.5. The van der Waals surface area contributed by atoms with E-state index in [4.69, 9.17) is 9.47 Å². The molecule has 0 spiro atoms. The number of benzene rings is 2. The van der Waals surface area contributed by atoms with E-state index in [2.05, 4.69) is 12.2 Å². The van der Waals surface area contributed by atoms with Gasteiger partial charge < -0.3 is 14.8 Å². The summed E-state index contributed by atoms with van der Waals surface area (Å²) in [5.74, 6) is 1.38. The molecule has 0 radical (unpaired) electrons. The maximum atomic E-state index is 12.0. The van der Waals surface area contributed by atoms with Crippen LogP contribution in [0.2, 0.25) is 0 Å². The second-order valence-corrected chi connectivity index (χ2v) is 6.11. The Hall–Kier alpha value is -2.49. The molecule has 2 rings (SSSR count). The summed E-state index contributed by atoms with van der Waals surface area (Å²) < 4.78 is 11.3. The van der Waals surface area contributed by atoms with Gasteiger partial charge in [-0.3, -0.25) is 4.79 Å². The number of amides is 1. The summed E-state index contributed by atoms with van der Waals surface area (Å²) in [4.78, 5) is 12.0. The molecule has 0 heterocycles. The number of hydrogen-bond acceptors (Lipinski definition) is 3. The van der Waals surface area contributed by atoms with Gasteiger partial charge in [-0.05, 0) is 61.7 Å². The SMILES string of the molecule is CCCCCOc1ccc(NC(=O)COc2cccc(C)c2C)cc1. The summed E-state index contributed by atoms with van der Waals surface area (Å²) in [6.45, 7) is 6.89. The van der Waals surface area contributed by atoms with Gasteiger partial charge in [0.25, 0.3) is 5.91 Å². The predicted molar refractivity (Wildman–Crippen MR) is 102 cm³/mol. The topological polar surface area (TPSA) is 47.6 Å². The molecule has 25 heavy (non-hydrogen) atoms. The Labute approximate surface area is 150 Å². The van der Waals surface area contributed by atoms with Crippen molar-refractivity contribution in [3.8, 4) is 11.5 Å². The van der Waals surface area contributed by atoms with E-state index in [1.807, 2.05) is 56.3 Å². The molecule has 0 atom stereocenters. The van der Waals surface area contributed by atoms with Gasteiger partial charge in [0, 0.05) is 5.69 Å². The first kappa shape index (κ1) is 18.8. The predicted octanol–water partition coefficient (Wildman–Crippen LogP) is 4.89. The molecule has 0 aromatic heterocycles. The van der Waals surface area contributed by atoms with Gasteiger partial charge in [0.05, 0.1) is 6.61 Å². The van der Waals surface area contributed by atoms with Gasteiger partial charge in [0.2, 0.25) is 0 Å². The van der Waals surface area contributed by atoms with Crippen LogP contribution in [0.4, 0.5) is 5.69 Å². The highest BCUT2D eigenvalue weighted by Gasteiger charge is 2.07. The van der Waals surface area contributed by atoms with E-state index in [0.717, 1.165) is 41.3 Å². The second kappa shape index (κ2) is 9.72. The van der Waals surface area contributed by atoms with Crippen molar-refractivity contribution in [3.05, 3.63) is 53.6 Å². The summed E-state index contributed by atoms with van der Waals surface area (Å²) in [7, 11) is 0. The Balaban J connectivity index is 1.79. The first-order chi connectivity index (χ1) is 12.1. The number of nitrogens with one attached hydrogen (secondary N) is 1. The summed E-state index contributed by atoms with van der Waals surface area (Å²) in [5, 5.41) is 2.83. The molecule has 0 aliphatic carbocycles. The molecule has 4 nitrogen and oxygen atoms in total. The lowest BCUT2D eigenvalue weighted by Gasteiger charge is -2.11.